The largest absolute Gasteiger partial charge is 0.303 e. The van der Waals surface area contributed by atoms with E-state index in [0.717, 1.165) is 11.8 Å². The molecule has 1 heterocycles. The Kier molecular flexibility index (Phi) is 5.37. The number of nitrogens with zero attached hydrogens (tertiary/aromatic N) is 3. The molecule has 0 radical (unpaired) electrons. The molecule has 1 aliphatic heterocycles. The first-order chi connectivity index (χ1) is 12.5. The lowest BCUT2D eigenvalue weighted by Gasteiger charge is -2.05. The van der Waals surface area contributed by atoms with E-state index in [9.17, 15) is 19.3 Å². The number of nitro benzene ring substituents is 1. The van der Waals surface area contributed by atoms with Gasteiger partial charge in [-0.2, -0.15) is 5.10 Å². The molecule has 2 aromatic carbocycles. The second-order valence-electron chi connectivity index (χ2n) is 5.36. The number of carbonyl (C=O) groups is 1. The van der Waals surface area contributed by atoms with Gasteiger partial charge in [0, 0.05) is 23.6 Å². The van der Waals surface area contributed by atoms with Crippen molar-refractivity contribution in [2.24, 2.45) is 10.2 Å². The molecule has 1 amide bonds. The van der Waals surface area contributed by atoms with Crippen molar-refractivity contribution in [3.63, 3.8) is 0 Å². The van der Waals surface area contributed by atoms with Gasteiger partial charge in [-0.3, -0.25) is 14.9 Å². The smallest absolute Gasteiger partial charge is 0.272 e. The average Bonchev–Trinajstić information content (AvgIpc) is 2.96. The first-order valence-electron chi connectivity index (χ1n) is 7.60. The molecule has 0 bridgehead atoms. The molecule has 26 heavy (non-hydrogen) atoms. The van der Waals surface area contributed by atoms with Gasteiger partial charge >= 0.3 is 0 Å². The molecule has 0 unspecified atom stereocenters. The van der Waals surface area contributed by atoms with Crippen LogP contribution < -0.4 is 5.32 Å². The van der Waals surface area contributed by atoms with Gasteiger partial charge in [-0.1, -0.05) is 48.2 Å². The van der Waals surface area contributed by atoms with Crippen LogP contribution in [0, 0.1) is 15.9 Å². The van der Waals surface area contributed by atoms with Crippen LogP contribution in [-0.4, -0.2) is 27.5 Å². The molecule has 0 spiro atoms. The lowest BCUT2D eigenvalue weighted by atomic mass is 10.1. The van der Waals surface area contributed by atoms with Crippen molar-refractivity contribution < 1.29 is 14.1 Å². The summed E-state index contributed by atoms with van der Waals surface area (Å²) in [5.41, 5.74) is 0.729. The zero-order valence-corrected chi connectivity index (χ0v) is 14.1. The third-order valence-corrected chi connectivity index (χ3v) is 4.69. The first kappa shape index (κ1) is 17.7. The van der Waals surface area contributed by atoms with E-state index in [1.807, 2.05) is 0 Å². The van der Waals surface area contributed by atoms with E-state index in [2.05, 4.69) is 15.5 Å². The minimum atomic E-state index is -0.543. The summed E-state index contributed by atoms with van der Waals surface area (Å²) in [6, 6.07) is 12.4. The Morgan fingerprint density at radius 1 is 1.23 bits per heavy atom. The molecule has 0 aromatic heterocycles. The van der Waals surface area contributed by atoms with Crippen LogP contribution in [0.15, 0.2) is 58.7 Å². The highest BCUT2D eigenvalue weighted by Crippen LogP contribution is 2.27. The Morgan fingerprint density at radius 3 is 2.73 bits per heavy atom. The van der Waals surface area contributed by atoms with Gasteiger partial charge in [0.05, 0.1) is 16.4 Å². The summed E-state index contributed by atoms with van der Waals surface area (Å²) < 4.78 is 13.5. The number of halogens is 1. The van der Waals surface area contributed by atoms with Crippen molar-refractivity contribution >= 4 is 34.7 Å². The number of benzene rings is 2. The number of hydrogen-bond donors (Lipinski definition) is 1. The predicted molar refractivity (Wildman–Crippen MR) is 97.8 cm³/mol. The molecule has 1 atom stereocenters. The van der Waals surface area contributed by atoms with E-state index >= 15 is 0 Å². The molecule has 1 saturated heterocycles. The minimum absolute atomic E-state index is 0.0242. The molecule has 1 aliphatic rings. The molecule has 9 heteroatoms. The van der Waals surface area contributed by atoms with Crippen LogP contribution in [0.1, 0.15) is 11.1 Å². The third kappa shape index (κ3) is 4.12. The monoisotopic (exact) mass is 372 g/mol. The van der Waals surface area contributed by atoms with E-state index in [0.29, 0.717) is 5.56 Å². The number of carbonyl (C=O) groups excluding carboxylic acids is 1. The fraction of sp³-hybridized carbons (Fsp3) is 0.118. The molecule has 3 rings (SSSR count). The second kappa shape index (κ2) is 7.87. The van der Waals surface area contributed by atoms with Crippen LogP contribution in [0.3, 0.4) is 0 Å². The van der Waals surface area contributed by atoms with Gasteiger partial charge < -0.3 is 5.32 Å². The highest BCUT2D eigenvalue weighted by Gasteiger charge is 2.32. The van der Waals surface area contributed by atoms with E-state index in [4.69, 9.17) is 0 Å². The number of nitrogens with one attached hydrogen (secondary N) is 1. The van der Waals surface area contributed by atoms with Crippen LogP contribution in [0.2, 0.25) is 0 Å². The van der Waals surface area contributed by atoms with Gasteiger partial charge in [-0.05, 0) is 6.07 Å². The van der Waals surface area contributed by atoms with Crippen LogP contribution in [-0.2, 0) is 11.2 Å². The van der Waals surface area contributed by atoms with E-state index in [1.165, 1.54) is 18.3 Å². The van der Waals surface area contributed by atoms with Gasteiger partial charge in [0.1, 0.15) is 5.82 Å². The predicted octanol–water partition coefficient (Wildman–Crippen LogP) is 2.90. The second-order valence-corrected chi connectivity index (χ2v) is 6.55. The zero-order valence-electron chi connectivity index (χ0n) is 13.3. The van der Waals surface area contributed by atoms with Gasteiger partial charge in [0.2, 0.25) is 5.91 Å². The average molecular weight is 372 g/mol. The first-order valence-corrected chi connectivity index (χ1v) is 8.48. The molecule has 132 valence electrons. The fourth-order valence-electron chi connectivity index (χ4n) is 2.37. The maximum Gasteiger partial charge on any atom is 0.272 e. The summed E-state index contributed by atoms with van der Waals surface area (Å²) in [6.45, 7) is 0. The topological polar surface area (TPSA) is 97.0 Å². The highest BCUT2D eigenvalue weighted by molar-refractivity contribution is 8.15. The van der Waals surface area contributed by atoms with Crippen molar-refractivity contribution in [2.45, 2.75) is 11.7 Å². The number of thioether (sulfide) groups is 1. The van der Waals surface area contributed by atoms with Gasteiger partial charge in [0.15, 0.2) is 5.17 Å². The van der Waals surface area contributed by atoms with Crippen molar-refractivity contribution in [2.75, 3.05) is 0 Å². The molecule has 2 aromatic rings. The molecule has 7 nitrogen and oxygen atoms in total. The standard InChI is InChI=1S/C17H13FN4O3S/c18-13-7-3-1-6-12(13)10-19-21-17-20-16(23)15(26-17)9-11-5-2-4-8-14(11)22(24)25/h1-8,10,15H,9H2,(H,20,21,23)/b19-10-/t15-/m1/s1. The van der Waals surface area contributed by atoms with Crippen molar-refractivity contribution in [3.05, 3.63) is 75.6 Å². The molecular formula is C17H13FN4O3S. The molecule has 1 fully saturated rings. The normalized spacial score (nSPS) is 18.4. The molecular weight excluding hydrogens is 359 g/mol. The lowest BCUT2D eigenvalue weighted by Crippen LogP contribution is -2.26. The van der Waals surface area contributed by atoms with Crippen LogP contribution >= 0.6 is 11.8 Å². The van der Waals surface area contributed by atoms with Crippen molar-refractivity contribution in [1.82, 2.24) is 5.32 Å². The van der Waals surface area contributed by atoms with Crippen LogP contribution in [0.4, 0.5) is 10.1 Å². The number of rotatable bonds is 5. The summed E-state index contributed by atoms with van der Waals surface area (Å²) in [6.07, 6.45) is 1.45. The minimum Gasteiger partial charge on any atom is -0.303 e. The zero-order chi connectivity index (χ0) is 18.5. The SMILES string of the molecule is O=C1N/C(=N/N=C\c2ccccc2F)S[C@@H]1Cc1ccccc1[N+](=O)[O-]. The van der Waals surface area contributed by atoms with Crippen LogP contribution in [0.25, 0.3) is 0 Å². The Labute approximate surface area is 152 Å². The van der Waals surface area contributed by atoms with E-state index in [1.54, 1.807) is 36.4 Å². The van der Waals surface area contributed by atoms with Gasteiger partial charge in [-0.15, -0.1) is 5.10 Å². The van der Waals surface area contributed by atoms with Crippen LogP contribution in [0.5, 0.6) is 0 Å². The Balaban J connectivity index is 1.69. The van der Waals surface area contributed by atoms with E-state index < -0.39 is 16.0 Å². The van der Waals surface area contributed by atoms with Crippen molar-refractivity contribution in [3.8, 4) is 0 Å². The number of hydrogen-bond acceptors (Lipinski definition) is 6. The number of amides is 1. The van der Waals surface area contributed by atoms with Gasteiger partial charge in [-0.25, -0.2) is 4.39 Å². The Morgan fingerprint density at radius 2 is 1.96 bits per heavy atom. The highest BCUT2D eigenvalue weighted by atomic mass is 32.2. The Hall–Kier alpha value is -3.07. The Bertz CT molecular complexity index is 916. The van der Waals surface area contributed by atoms with Crippen molar-refractivity contribution in [1.29, 1.82) is 0 Å². The third-order valence-electron chi connectivity index (χ3n) is 3.62. The lowest BCUT2D eigenvalue weighted by molar-refractivity contribution is -0.385. The van der Waals surface area contributed by atoms with E-state index in [-0.39, 0.29) is 28.7 Å². The van der Waals surface area contributed by atoms with Gasteiger partial charge in [0.25, 0.3) is 5.69 Å². The summed E-state index contributed by atoms with van der Waals surface area (Å²) in [5.74, 6) is -0.721. The molecule has 0 saturated carbocycles. The number of nitro groups is 1. The number of para-hydroxylation sites is 1. The summed E-state index contributed by atoms with van der Waals surface area (Å²) in [7, 11) is 0. The number of amidine groups is 1. The summed E-state index contributed by atoms with van der Waals surface area (Å²) >= 11 is 1.13. The fourth-order valence-corrected chi connectivity index (χ4v) is 3.32. The maximum absolute atomic E-state index is 13.5. The maximum atomic E-state index is 13.5. The quantitative estimate of drug-likeness (QED) is 0.496. The molecule has 1 N–H and O–H groups in total. The summed E-state index contributed by atoms with van der Waals surface area (Å²) in [4.78, 5) is 22.7. The summed E-state index contributed by atoms with van der Waals surface area (Å²) in [5, 5.41) is 21.0. The molecule has 0 aliphatic carbocycles.